The van der Waals surface area contributed by atoms with Crippen LogP contribution in [0.1, 0.15) is 6.92 Å². The number of aliphatic hydroxyl groups excluding tert-OH is 4. The van der Waals surface area contributed by atoms with Crippen LogP contribution in [0.15, 0.2) is 4.99 Å². The molecule has 110 valence electrons. The van der Waals surface area contributed by atoms with Gasteiger partial charge < -0.3 is 30.9 Å². The number of hydrogen-bond donors (Lipinski definition) is 7. The minimum atomic E-state index is -1.45. The summed E-state index contributed by atoms with van der Waals surface area (Å²) in [5.41, 5.74) is 10.2. The molecule has 0 radical (unpaired) electrons. The molecule has 0 saturated carbocycles. The van der Waals surface area contributed by atoms with E-state index in [1.54, 1.807) is 0 Å². The van der Waals surface area contributed by atoms with Crippen molar-refractivity contribution in [3.05, 3.63) is 0 Å². The quantitative estimate of drug-likeness (QED) is 0.119. The molecule has 0 amide bonds. The van der Waals surface area contributed by atoms with E-state index in [1.807, 2.05) is 0 Å². The lowest BCUT2D eigenvalue weighted by atomic mass is 9.97. The lowest BCUT2D eigenvalue weighted by Crippen LogP contribution is -2.58. The van der Waals surface area contributed by atoms with Crippen LogP contribution >= 0.6 is 12.2 Å². The molecule has 1 aliphatic rings. The molecule has 0 aromatic carbocycles. The van der Waals surface area contributed by atoms with E-state index in [-0.39, 0.29) is 10.9 Å². The van der Waals surface area contributed by atoms with Gasteiger partial charge in [-0.05, 0) is 19.1 Å². The van der Waals surface area contributed by atoms with Gasteiger partial charge in [0.25, 0.3) is 0 Å². The molecule has 9 nitrogen and oxygen atoms in total. The number of ether oxygens (including phenoxy) is 1. The number of rotatable bonds is 2. The highest BCUT2D eigenvalue weighted by molar-refractivity contribution is 7.80. The molecule has 5 atom stereocenters. The average Bonchev–Trinajstić information content (AvgIpc) is 2.36. The number of nitrogens with zero attached hydrogens (tertiary/aromatic N) is 1. The Morgan fingerprint density at radius 2 is 1.95 bits per heavy atom. The van der Waals surface area contributed by atoms with Gasteiger partial charge in [-0.25, -0.2) is 0 Å². The SMILES string of the molecule is CC(=N[C@H]1C(O)O[C@H](CO)[C@@H](O)[C@@H]1O)NNC(N)=S. The summed E-state index contributed by atoms with van der Waals surface area (Å²) in [4.78, 5) is 3.95. The Bertz CT molecular complexity index is 356. The second-order valence-electron chi connectivity index (χ2n) is 4.05. The fraction of sp³-hybridized carbons (Fsp3) is 0.778. The summed E-state index contributed by atoms with van der Waals surface area (Å²) in [6, 6.07) is -1.10. The molecule has 1 saturated heterocycles. The molecular weight excluding hydrogens is 276 g/mol. The molecular formula is C9H18N4O5S. The van der Waals surface area contributed by atoms with Crippen LogP contribution < -0.4 is 16.6 Å². The van der Waals surface area contributed by atoms with Crippen molar-refractivity contribution in [2.45, 2.75) is 37.6 Å². The van der Waals surface area contributed by atoms with Gasteiger partial charge in [0, 0.05) is 0 Å². The third kappa shape index (κ3) is 4.23. The Morgan fingerprint density at radius 3 is 2.47 bits per heavy atom. The van der Waals surface area contributed by atoms with Crippen LogP contribution in [-0.4, -0.2) is 68.6 Å². The first-order chi connectivity index (χ1) is 8.86. The van der Waals surface area contributed by atoms with Gasteiger partial charge >= 0.3 is 0 Å². The molecule has 0 aliphatic carbocycles. The summed E-state index contributed by atoms with van der Waals surface area (Å²) in [5.74, 6) is 0.272. The molecule has 1 aliphatic heterocycles. The van der Waals surface area contributed by atoms with Crippen LogP contribution in [0.2, 0.25) is 0 Å². The minimum absolute atomic E-state index is 0.00378. The Hall–Kier alpha value is -1.04. The summed E-state index contributed by atoms with van der Waals surface area (Å²) >= 11 is 4.57. The fourth-order valence-corrected chi connectivity index (χ4v) is 1.68. The summed E-state index contributed by atoms with van der Waals surface area (Å²) in [6.45, 7) is 1.02. The van der Waals surface area contributed by atoms with Crippen LogP contribution in [0.4, 0.5) is 0 Å². The van der Waals surface area contributed by atoms with Gasteiger partial charge in [-0.1, -0.05) is 0 Å². The van der Waals surface area contributed by atoms with E-state index in [0.717, 1.165) is 0 Å². The second kappa shape index (κ2) is 6.93. The highest BCUT2D eigenvalue weighted by atomic mass is 32.1. The van der Waals surface area contributed by atoms with Crippen molar-refractivity contribution in [1.29, 1.82) is 0 Å². The Kier molecular flexibility index (Phi) is 5.85. The van der Waals surface area contributed by atoms with Crippen LogP contribution in [0.3, 0.4) is 0 Å². The molecule has 1 unspecified atom stereocenters. The average molecular weight is 294 g/mol. The van der Waals surface area contributed by atoms with E-state index < -0.39 is 37.3 Å². The van der Waals surface area contributed by atoms with Crippen molar-refractivity contribution in [1.82, 2.24) is 10.9 Å². The standard InChI is InChI=1S/C9H18N4O5S/c1-3(12-13-9(10)19)11-5-7(16)6(15)4(2-14)18-8(5)17/h4-8,14-17H,2H2,1H3,(H,11,12)(H3,10,13,19)/t4-,5-,6-,7-,8?/m1/s1. The Morgan fingerprint density at radius 1 is 1.32 bits per heavy atom. The zero-order chi connectivity index (χ0) is 14.6. The van der Waals surface area contributed by atoms with Crippen LogP contribution in [0.5, 0.6) is 0 Å². The molecule has 19 heavy (non-hydrogen) atoms. The van der Waals surface area contributed by atoms with Gasteiger partial charge in [0.15, 0.2) is 11.4 Å². The second-order valence-corrected chi connectivity index (χ2v) is 4.49. The van der Waals surface area contributed by atoms with Crippen molar-refractivity contribution >= 4 is 23.2 Å². The number of aliphatic hydroxyl groups is 4. The van der Waals surface area contributed by atoms with Crippen molar-refractivity contribution in [2.75, 3.05) is 6.61 Å². The number of thiocarbonyl (C=S) groups is 1. The lowest BCUT2D eigenvalue weighted by Gasteiger charge is -2.38. The summed E-state index contributed by atoms with van der Waals surface area (Å²) < 4.78 is 4.95. The van der Waals surface area contributed by atoms with Crippen molar-refractivity contribution in [3.8, 4) is 0 Å². The predicted octanol–water partition coefficient (Wildman–Crippen LogP) is -3.46. The molecule has 0 spiro atoms. The Labute approximate surface area is 115 Å². The van der Waals surface area contributed by atoms with Gasteiger partial charge in [0.05, 0.1) is 6.61 Å². The number of hydrogen-bond acceptors (Lipinski definition) is 7. The normalized spacial score (nSPS) is 35.8. The van der Waals surface area contributed by atoms with Gasteiger partial charge in [0.1, 0.15) is 30.2 Å². The molecule has 8 N–H and O–H groups in total. The summed E-state index contributed by atoms with van der Waals surface area (Å²) in [5, 5.41) is 38.1. The first-order valence-corrected chi connectivity index (χ1v) is 5.94. The van der Waals surface area contributed by atoms with Crippen molar-refractivity contribution < 1.29 is 25.2 Å². The third-order valence-electron chi connectivity index (χ3n) is 2.58. The van der Waals surface area contributed by atoms with E-state index >= 15 is 0 Å². The van der Waals surface area contributed by atoms with Gasteiger partial charge in [-0.15, -0.1) is 0 Å². The maximum absolute atomic E-state index is 9.83. The van der Waals surface area contributed by atoms with E-state index in [1.165, 1.54) is 6.92 Å². The smallest absolute Gasteiger partial charge is 0.182 e. The van der Waals surface area contributed by atoms with E-state index in [2.05, 4.69) is 28.1 Å². The van der Waals surface area contributed by atoms with Crippen LogP contribution in [0.25, 0.3) is 0 Å². The van der Waals surface area contributed by atoms with E-state index in [0.29, 0.717) is 0 Å². The topological polar surface area (TPSA) is 153 Å². The molecule has 0 aromatic heterocycles. The molecule has 1 fully saturated rings. The van der Waals surface area contributed by atoms with Gasteiger partial charge in [0.2, 0.25) is 0 Å². The maximum Gasteiger partial charge on any atom is 0.182 e. The van der Waals surface area contributed by atoms with E-state index in [9.17, 15) is 15.3 Å². The van der Waals surface area contributed by atoms with Gasteiger partial charge in [-0.3, -0.25) is 15.8 Å². The van der Waals surface area contributed by atoms with Crippen molar-refractivity contribution in [3.63, 3.8) is 0 Å². The molecule has 10 heteroatoms. The zero-order valence-corrected chi connectivity index (χ0v) is 11.0. The molecule has 1 heterocycles. The maximum atomic E-state index is 9.83. The highest BCUT2D eigenvalue weighted by Gasteiger charge is 2.43. The largest absolute Gasteiger partial charge is 0.394 e. The highest BCUT2D eigenvalue weighted by Crippen LogP contribution is 2.22. The summed E-state index contributed by atoms with van der Waals surface area (Å²) in [7, 11) is 0. The number of amidine groups is 1. The predicted molar refractivity (Wildman–Crippen MR) is 69.9 cm³/mol. The van der Waals surface area contributed by atoms with Crippen LogP contribution in [0, 0.1) is 0 Å². The fourth-order valence-electron chi connectivity index (χ4n) is 1.63. The lowest BCUT2D eigenvalue weighted by molar-refractivity contribution is -0.248. The van der Waals surface area contributed by atoms with Gasteiger partial charge in [-0.2, -0.15) is 0 Å². The van der Waals surface area contributed by atoms with Crippen LogP contribution in [-0.2, 0) is 4.74 Å². The molecule has 1 rings (SSSR count). The zero-order valence-electron chi connectivity index (χ0n) is 10.2. The minimum Gasteiger partial charge on any atom is -0.394 e. The third-order valence-corrected chi connectivity index (χ3v) is 2.68. The molecule has 0 aromatic rings. The monoisotopic (exact) mass is 294 g/mol. The number of nitrogens with one attached hydrogen (secondary N) is 2. The first kappa shape index (κ1) is 16.0. The number of nitrogens with two attached hydrogens (primary N) is 1. The number of hydrazine groups is 1. The van der Waals surface area contributed by atoms with Crippen molar-refractivity contribution in [2.24, 2.45) is 10.7 Å². The molecule has 0 bridgehead atoms. The first-order valence-electron chi connectivity index (χ1n) is 5.53. The summed E-state index contributed by atoms with van der Waals surface area (Å²) in [6.07, 6.45) is -5.22. The Balaban J connectivity index is 2.71. The number of aliphatic imine (C=N–C) groups is 1. The van der Waals surface area contributed by atoms with E-state index in [4.69, 9.17) is 15.6 Å².